The predicted molar refractivity (Wildman–Crippen MR) is 95.9 cm³/mol. The lowest BCUT2D eigenvalue weighted by molar-refractivity contribution is -0.133. The summed E-state index contributed by atoms with van der Waals surface area (Å²) in [6.07, 6.45) is 0. The van der Waals surface area contributed by atoms with Gasteiger partial charge in [0.1, 0.15) is 17.1 Å². The molecule has 1 unspecified atom stereocenters. The van der Waals surface area contributed by atoms with Crippen LogP contribution in [-0.4, -0.2) is 28.9 Å². The minimum absolute atomic E-state index is 0.0665. The van der Waals surface area contributed by atoms with Crippen LogP contribution < -0.4 is 0 Å². The largest absolute Gasteiger partial charge is 0.478 e. The van der Waals surface area contributed by atoms with Crippen molar-refractivity contribution in [2.75, 3.05) is 7.05 Å². The maximum absolute atomic E-state index is 13.0. The summed E-state index contributed by atoms with van der Waals surface area (Å²) in [4.78, 5) is 25.6. The molecule has 2 aromatic rings. The Kier molecular flexibility index (Phi) is 5.90. The third kappa shape index (κ3) is 4.42. The number of carboxylic acid groups (broad SMARTS) is 1. The second-order valence-electron chi connectivity index (χ2n) is 6.46. The number of halogens is 1. The number of rotatable bonds is 6. The zero-order valence-corrected chi connectivity index (χ0v) is 15.5. The molecule has 2 rings (SSSR count). The fourth-order valence-corrected chi connectivity index (χ4v) is 3.09. The average Bonchev–Trinajstić information content (AvgIpc) is 2.87. The Morgan fingerprint density at radius 3 is 2.48 bits per heavy atom. The van der Waals surface area contributed by atoms with Crippen molar-refractivity contribution in [3.05, 3.63) is 58.0 Å². The lowest BCUT2D eigenvalue weighted by Gasteiger charge is -2.26. The van der Waals surface area contributed by atoms with Crippen LogP contribution in [0.3, 0.4) is 0 Å². The molecule has 25 heavy (non-hydrogen) atoms. The van der Waals surface area contributed by atoms with E-state index in [4.69, 9.17) is 21.1 Å². The van der Waals surface area contributed by atoms with Gasteiger partial charge in [0, 0.05) is 12.1 Å². The molecule has 0 saturated carbocycles. The second-order valence-corrected chi connectivity index (χ2v) is 6.90. The molecule has 0 bridgehead atoms. The summed E-state index contributed by atoms with van der Waals surface area (Å²) in [6.45, 7) is 5.77. The number of carboxylic acids is 1. The van der Waals surface area contributed by atoms with Crippen LogP contribution in [0.15, 0.2) is 34.7 Å². The molecule has 0 radical (unpaired) electrons. The standard InChI is InChI=1S/C19H22ClNO4/c1-11(2)17(13-6-5-7-14(20)8-13)18(22)21(4)10-15-9-16(19(23)24)12(3)25-15/h5-9,11,17H,10H2,1-4H3,(H,23,24). The van der Waals surface area contributed by atoms with Gasteiger partial charge in [-0.2, -0.15) is 0 Å². The lowest BCUT2D eigenvalue weighted by atomic mass is 9.87. The highest BCUT2D eigenvalue weighted by Crippen LogP contribution is 2.29. The molecule has 1 N–H and O–H groups in total. The molecule has 6 heteroatoms. The van der Waals surface area contributed by atoms with Crippen LogP contribution in [0.1, 0.15) is 47.2 Å². The van der Waals surface area contributed by atoms with Crippen LogP contribution in [-0.2, 0) is 11.3 Å². The molecular formula is C19H22ClNO4. The van der Waals surface area contributed by atoms with E-state index >= 15 is 0 Å². The Hall–Kier alpha value is -2.27. The van der Waals surface area contributed by atoms with Crippen LogP contribution in [0, 0.1) is 12.8 Å². The van der Waals surface area contributed by atoms with Crippen molar-refractivity contribution in [3.8, 4) is 0 Å². The summed E-state index contributed by atoms with van der Waals surface area (Å²) in [5, 5.41) is 9.69. The summed E-state index contributed by atoms with van der Waals surface area (Å²) < 4.78 is 5.47. The molecule has 0 aliphatic carbocycles. The van der Waals surface area contributed by atoms with Crippen molar-refractivity contribution < 1.29 is 19.1 Å². The smallest absolute Gasteiger partial charge is 0.339 e. The summed E-state index contributed by atoms with van der Waals surface area (Å²) >= 11 is 6.06. The molecule has 1 aromatic heterocycles. The van der Waals surface area contributed by atoms with E-state index in [1.807, 2.05) is 26.0 Å². The van der Waals surface area contributed by atoms with Crippen molar-refractivity contribution in [1.82, 2.24) is 4.90 Å². The van der Waals surface area contributed by atoms with Crippen LogP contribution in [0.25, 0.3) is 0 Å². The van der Waals surface area contributed by atoms with Gasteiger partial charge in [-0.1, -0.05) is 37.6 Å². The topological polar surface area (TPSA) is 70.8 Å². The number of hydrogen-bond donors (Lipinski definition) is 1. The average molecular weight is 364 g/mol. The first-order valence-corrected chi connectivity index (χ1v) is 8.41. The van der Waals surface area contributed by atoms with E-state index in [1.54, 1.807) is 31.0 Å². The fourth-order valence-electron chi connectivity index (χ4n) is 2.90. The molecule has 0 fully saturated rings. The predicted octanol–water partition coefficient (Wildman–Crippen LogP) is 4.34. The van der Waals surface area contributed by atoms with Crippen LogP contribution in [0.4, 0.5) is 0 Å². The third-order valence-electron chi connectivity index (χ3n) is 4.11. The number of benzene rings is 1. The Morgan fingerprint density at radius 2 is 1.96 bits per heavy atom. The molecule has 1 aromatic carbocycles. The summed E-state index contributed by atoms with van der Waals surface area (Å²) in [6, 6.07) is 8.76. The van der Waals surface area contributed by atoms with E-state index in [0.29, 0.717) is 16.5 Å². The zero-order chi connectivity index (χ0) is 18.7. The van der Waals surface area contributed by atoms with Gasteiger partial charge < -0.3 is 14.4 Å². The van der Waals surface area contributed by atoms with Crippen molar-refractivity contribution in [2.45, 2.75) is 33.2 Å². The minimum Gasteiger partial charge on any atom is -0.478 e. The number of furan rings is 1. The van der Waals surface area contributed by atoms with Gasteiger partial charge >= 0.3 is 5.97 Å². The van der Waals surface area contributed by atoms with Gasteiger partial charge in [0.25, 0.3) is 0 Å². The number of nitrogens with zero attached hydrogens (tertiary/aromatic N) is 1. The van der Waals surface area contributed by atoms with E-state index in [0.717, 1.165) is 5.56 Å². The Labute approximate surface area is 152 Å². The number of aromatic carboxylic acids is 1. The van der Waals surface area contributed by atoms with E-state index < -0.39 is 5.97 Å². The highest BCUT2D eigenvalue weighted by Gasteiger charge is 2.28. The van der Waals surface area contributed by atoms with Gasteiger partial charge in [0.05, 0.1) is 12.5 Å². The molecule has 1 heterocycles. The molecular weight excluding hydrogens is 342 g/mol. The van der Waals surface area contributed by atoms with Gasteiger partial charge in [0.2, 0.25) is 5.91 Å². The number of hydrogen-bond acceptors (Lipinski definition) is 3. The quantitative estimate of drug-likeness (QED) is 0.828. The van der Waals surface area contributed by atoms with Gasteiger partial charge in [-0.05, 0) is 36.6 Å². The number of likely N-dealkylation sites (N-methyl/N-ethyl adjacent to an activating group) is 1. The number of aryl methyl sites for hydroxylation is 1. The van der Waals surface area contributed by atoms with Crippen molar-refractivity contribution in [1.29, 1.82) is 0 Å². The summed E-state index contributed by atoms with van der Waals surface area (Å²) in [5.74, 6) is -0.582. The number of amides is 1. The molecule has 1 amide bonds. The molecule has 5 nitrogen and oxygen atoms in total. The Balaban J connectivity index is 2.21. The SMILES string of the molecule is Cc1oc(CN(C)C(=O)C(c2cccc(Cl)c2)C(C)C)cc1C(=O)O. The number of carbonyl (C=O) groups is 2. The molecule has 0 aliphatic heterocycles. The van der Waals surface area contributed by atoms with Crippen molar-refractivity contribution in [3.63, 3.8) is 0 Å². The first-order valence-electron chi connectivity index (χ1n) is 8.03. The molecule has 0 saturated heterocycles. The zero-order valence-electron chi connectivity index (χ0n) is 14.7. The fraction of sp³-hybridized carbons (Fsp3) is 0.368. The van der Waals surface area contributed by atoms with Crippen LogP contribution in [0.2, 0.25) is 5.02 Å². The first kappa shape index (κ1) is 19.1. The van der Waals surface area contributed by atoms with E-state index in [1.165, 1.54) is 6.07 Å². The van der Waals surface area contributed by atoms with E-state index in [-0.39, 0.29) is 29.9 Å². The Morgan fingerprint density at radius 1 is 1.28 bits per heavy atom. The summed E-state index contributed by atoms with van der Waals surface area (Å²) in [7, 11) is 1.68. The van der Waals surface area contributed by atoms with Crippen molar-refractivity contribution in [2.24, 2.45) is 5.92 Å². The second kappa shape index (κ2) is 7.74. The highest BCUT2D eigenvalue weighted by molar-refractivity contribution is 6.30. The van der Waals surface area contributed by atoms with Crippen LogP contribution >= 0.6 is 11.6 Å². The van der Waals surface area contributed by atoms with E-state index in [2.05, 4.69) is 0 Å². The van der Waals surface area contributed by atoms with Crippen LogP contribution in [0.5, 0.6) is 0 Å². The van der Waals surface area contributed by atoms with Gasteiger partial charge in [-0.25, -0.2) is 4.79 Å². The minimum atomic E-state index is -1.04. The number of carbonyl (C=O) groups excluding carboxylic acids is 1. The van der Waals surface area contributed by atoms with Gasteiger partial charge in [-0.15, -0.1) is 0 Å². The molecule has 1 atom stereocenters. The van der Waals surface area contributed by atoms with Gasteiger partial charge in [-0.3, -0.25) is 4.79 Å². The maximum Gasteiger partial charge on any atom is 0.339 e. The normalized spacial score (nSPS) is 12.2. The molecule has 0 aliphatic rings. The first-order chi connectivity index (χ1) is 11.7. The monoisotopic (exact) mass is 363 g/mol. The summed E-state index contributed by atoms with van der Waals surface area (Å²) in [5.41, 5.74) is 0.979. The molecule has 0 spiro atoms. The Bertz CT molecular complexity index is 781. The highest BCUT2D eigenvalue weighted by atomic mass is 35.5. The maximum atomic E-state index is 13.0. The lowest BCUT2D eigenvalue weighted by Crippen LogP contribution is -2.33. The van der Waals surface area contributed by atoms with Gasteiger partial charge in [0.15, 0.2) is 0 Å². The van der Waals surface area contributed by atoms with E-state index in [9.17, 15) is 9.59 Å². The third-order valence-corrected chi connectivity index (χ3v) is 4.34. The molecule has 134 valence electrons. The van der Waals surface area contributed by atoms with Crippen molar-refractivity contribution >= 4 is 23.5 Å².